The van der Waals surface area contributed by atoms with Crippen LogP contribution in [-0.2, 0) is 20.6 Å². The average Bonchev–Trinajstić information content (AvgIpc) is 2.43. The molecule has 1 saturated heterocycles. The quantitative estimate of drug-likeness (QED) is 0.914. The predicted octanol–water partition coefficient (Wildman–Crippen LogP) is 1.59. The average molecular weight is 319 g/mol. The van der Waals surface area contributed by atoms with E-state index in [4.69, 9.17) is 5.11 Å². The van der Waals surface area contributed by atoms with Crippen molar-refractivity contribution in [3.05, 3.63) is 35.4 Å². The lowest BCUT2D eigenvalue weighted by Gasteiger charge is -2.29. The van der Waals surface area contributed by atoms with E-state index in [1.165, 1.54) is 0 Å². The van der Waals surface area contributed by atoms with Gasteiger partial charge in [0.05, 0.1) is 11.7 Å². The van der Waals surface area contributed by atoms with Crippen molar-refractivity contribution in [2.75, 3.05) is 13.1 Å². The molecule has 8 heteroatoms. The molecule has 0 aromatic heterocycles. The van der Waals surface area contributed by atoms with E-state index >= 15 is 0 Å². The Morgan fingerprint density at radius 3 is 2.52 bits per heavy atom. The maximum atomic E-state index is 13.5. The van der Waals surface area contributed by atoms with E-state index in [-0.39, 0.29) is 13.1 Å². The molecule has 116 valence electrons. The molecular formula is C13H15F2NO4S. The highest BCUT2D eigenvalue weighted by Crippen LogP contribution is 2.23. The third-order valence-electron chi connectivity index (χ3n) is 3.52. The molecule has 0 saturated carbocycles. The molecule has 1 aromatic rings. The summed E-state index contributed by atoms with van der Waals surface area (Å²) in [5.41, 5.74) is -0.519. The first-order valence-electron chi connectivity index (χ1n) is 6.45. The van der Waals surface area contributed by atoms with Crippen LogP contribution in [0.15, 0.2) is 18.2 Å². The monoisotopic (exact) mass is 319 g/mol. The molecule has 1 atom stereocenters. The van der Waals surface area contributed by atoms with Gasteiger partial charge in [-0.25, -0.2) is 21.5 Å². The number of aliphatic carboxylic acids is 1. The van der Waals surface area contributed by atoms with Crippen LogP contribution in [0.3, 0.4) is 0 Å². The number of carboxylic acids is 1. The number of nitrogens with zero attached hydrogens (tertiary/aromatic N) is 1. The number of halogens is 2. The minimum atomic E-state index is -3.96. The number of carbonyl (C=O) groups is 1. The first kappa shape index (κ1) is 15.8. The molecule has 1 heterocycles. The number of sulfonamides is 1. The number of benzene rings is 1. The van der Waals surface area contributed by atoms with Crippen LogP contribution in [0.5, 0.6) is 0 Å². The minimum Gasteiger partial charge on any atom is -0.481 e. The summed E-state index contributed by atoms with van der Waals surface area (Å²) in [4.78, 5) is 11.0. The van der Waals surface area contributed by atoms with Gasteiger partial charge in [0.25, 0.3) is 0 Å². The Balaban J connectivity index is 2.20. The lowest BCUT2D eigenvalue weighted by Crippen LogP contribution is -2.42. The molecule has 0 amide bonds. The summed E-state index contributed by atoms with van der Waals surface area (Å²) in [6, 6.07) is 3.14. The molecule has 21 heavy (non-hydrogen) atoms. The Bertz CT molecular complexity index is 627. The zero-order valence-electron chi connectivity index (χ0n) is 11.1. The molecule has 0 radical (unpaired) electrons. The van der Waals surface area contributed by atoms with Crippen molar-refractivity contribution >= 4 is 16.0 Å². The number of hydrogen-bond acceptors (Lipinski definition) is 3. The van der Waals surface area contributed by atoms with Crippen molar-refractivity contribution in [1.29, 1.82) is 0 Å². The summed E-state index contributed by atoms with van der Waals surface area (Å²) in [6.45, 7) is 0.00984. The fraction of sp³-hybridized carbons (Fsp3) is 0.462. The van der Waals surface area contributed by atoms with Crippen molar-refractivity contribution in [2.24, 2.45) is 5.92 Å². The summed E-state index contributed by atoms with van der Waals surface area (Å²) in [5, 5.41) is 8.96. The van der Waals surface area contributed by atoms with Gasteiger partial charge < -0.3 is 5.11 Å². The largest absolute Gasteiger partial charge is 0.481 e. The molecule has 0 aliphatic carbocycles. The van der Waals surface area contributed by atoms with Gasteiger partial charge in [-0.1, -0.05) is 6.07 Å². The van der Waals surface area contributed by atoms with Crippen molar-refractivity contribution in [1.82, 2.24) is 4.31 Å². The molecule has 1 fully saturated rings. The molecule has 1 aromatic carbocycles. The molecule has 1 aliphatic heterocycles. The molecule has 0 spiro atoms. The summed E-state index contributed by atoms with van der Waals surface area (Å²) < 4.78 is 52.5. The molecule has 5 nitrogen and oxygen atoms in total. The zero-order chi connectivity index (χ0) is 15.6. The number of carboxylic acid groups (broad SMARTS) is 1. The Morgan fingerprint density at radius 2 is 1.95 bits per heavy atom. The molecule has 1 unspecified atom stereocenters. The van der Waals surface area contributed by atoms with E-state index in [9.17, 15) is 22.0 Å². The van der Waals surface area contributed by atoms with Crippen LogP contribution in [0.4, 0.5) is 8.78 Å². The van der Waals surface area contributed by atoms with Gasteiger partial charge in [0, 0.05) is 18.7 Å². The summed E-state index contributed by atoms with van der Waals surface area (Å²) in [5.74, 6) is -4.50. The third kappa shape index (κ3) is 3.56. The van der Waals surface area contributed by atoms with E-state index in [1.807, 2.05) is 0 Å². The fourth-order valence-corrected chi connectivity index (χ4v) is 3.98. The van der Waals surface area contributed by atoms with Crippen LogP contribution >= 0.6 is 0 Å². The van der Waals surface area contributed by atoms with Crippen LogP contribution in [0.1, 0.15) is 18.4 Å². The summed E-state index contributed by atoms with van der Waals surface area (Å²) in [6.07, 6.45) is 0.811. The fourth-order valence-electron chi connectivity index (χ4n) is 2.34. The molecule has 1 N–H and O–H groups in total. The third-order valence-corrected chi connectivity index (χ3v) is 5.29. The van der Waals surface area contributed by atoms with Gasteiger partial charge in [-0.3, -0.25) is 4.79 Å². The van der Waals surface area contributed by atoms with E-state index < -0.39 is 44.9 Å². The molecular weight excluding hydrogens is 304 g/mol. The van der Waals surface area contributed by atoms with Gasteiger partial charge in [-0.05, 0) is 25.0 Å². The van der Waals surface area contributed by atoms with Crippen LogP contribution in [-0.4, -0.2) is 36.9 Å². The Kier molecular flexibility index (Phi) is 4.58. The lowest BCUT2D eigenvalue weighted by atomic mass is 10.0. The van der Waals surface area contributed by atoms with Crippen molar-refractivity contribution in [2.45, 2.75) is 18.6 Å². The second-order valence-corrected chi connectivity index (χ2v) is 6.96. The highest BCUT2D eigenvalue weighted by atomic mass is 32.2. The van der Waals surface area contributed by atoms with Gasteiger partial charge in [0.2, 0.25) is 10.0 Å². The van der Waals surface area contributed by atoms with Crippen molar-refractivity contribution < 1.29 is 27.1 Å². The highest BCUT2D eigenvalue weighted by molar-refractivity contribution is 7.88. The first-order chi connectivity index (χ1) is 9.81. The smallest absolute Gasteiger partial charge is 0.307 e. The SMILES string of the molecule is O=C(O)C1CCCN(S(=O)(=O)Cc2c(F)cccc2F)C1. The van der Waals surface area contributed by atoms with Gasteiger partial charge in [0.1, 0.15) is 11.6 Å². The van der Waals surface area contributed by atoms with Crippen LogP contribution in [0.25, 0.3) is 0 Å². The maximum Gasteiger partial charge on any atom is 0.307 e. The van der Waals surface area contributed by atoms with E-state index in [2.05, 4.69) is 0 Å². The number of hydrogen-bond donors (Lipinski definition) is 1. The predicted molar refractivity (Wildman–Crippen MR) is 70.9 cm³/mol. The van der Waals surface area contributed by atoms with Gasteiger partial charge in [-0.2, -0.15) is 0 Å². The normalized spacial score (nSPS) is 20.4. The molecule has 2 rings (SSSR count). The number of rotatable bonds is 4. The standard InChI is InChI=1S/C13H15F2NO4S/c14-11-4-1-5-12(15)10(11)8-21(19,20)16-6-2-3-9(7-16)13(17)18/h1,4-5,9H,2-3,6-8H2,(H,17,18). The van der Waals surface area contributed by atoms with Gasteiger partial charge in [-0.15, -0.1) is 0 Å². The topological polar surface area (TPSA) is 74.7 Å². The summed E-state index contributed by atoms with van der Waals surface area (Å²) >= 11 is 0. The van der Waals surface area contributed by atoms with Gasteiger partial charge >= 0.3 is 5.97 Å². The first-order valence-corrected chi connectivity index (χ1v) is 8.05. The maximum absolute atomic E-state index is 13.5. The minimum absolute atomic E-state index is 0.159. The van der Waals surface area contributed by atoms with Crippen LogP contribution in [0.2, 0.25) is 0 Å². The molecule has 0 bridgehead atoms. The zero-order valence-corrected chi connectivity index (χ0v) is 11.9. The van der Waals surface area contributed by atoms with Crippen molar-refractivity contribution in [3.63, 3.8) is 0 Å². The van der Waals surface area contributed by atoms with Crippen molar-refractivity contribution in [3.8, 4) is 0 Å². The highest BCUT2D eigenvalue weighted by Gasteiger charge is 2.33. The Morgan fingerprint density at radius 1 is 1.33 bits per heavy atom. The van der Waals surface area contributed by atoms with Crippen LogP contribution in [0, 0.1) is 17.6 Å². The van der Waals surface area contributed by atoms with Gasteiger partial charge in [0.15, 0.2) is 0 Å². The van der Waals surface area contributed by atoms with E-state index in [0.717, 1.165) is 22.5 Å². The Labute approximate surface area is 121 Å². The lowest BCUT2D eigenvalue weighted by molar-refractivity contribution is -0.142. The van der Waals surface area contributed by atoms with Crippen LogP contribution < -0.4 is 0 Å². The second-order valence-electron chi connectivity index (χ2n) is 4.99. The summed E-state index contributed by atoms with van der Waals surface area (Å²) in [7, 11) is -3.96. The number of piperidine rings is 1. The molecule has 1 aliphatic rings. The van der Waals surface area contributed by atoms with E-state index in [0.29, 0.717) is 12.8 Å². The second kappa shape index (κ2) is 6.07. The Hall–Kier alpha value is -1.54. The van der Waals surface area contributed by atoms with E-state index in [1.54, 1.807) is 0 Å².